The number of hydrogen-bond acceptors (Lipinski definition) is 4. The lowest BCUT2D eigenvalue weighted by Crippen LogP contribution is -2.33. The van der Waals surface area contributed by atoms with E-state index >= 15 is 0 Å². The minimum absolute atomic E-state index is 0.0524. The Morgan fingerprint density at radius 2 is 1.92 bits per heavy atom. The molecular weight excluding hydrogens is 359 g/mol. The summed E-state index contributed by atoms with van der Waals surface area (Å²) in [5.41, 5.74) is 1.26. The third-order valence-corrected chi connectivity index (χ3v) is 4.87. The van der Waals surface area contributed by atoms with Crippen LogP contribution in [0, 0.1) is 12.7 Å². The highest BCUT2D eigenvalue weighted by atomic mass is 32.2. The molecule has 0 aliphatic carbocycles. The Morgan fingerprint density at radius 3 is 2.54 bits per heavy atom. The van der Waals surface area contributed by atoms with E-state index in [1.807, 2.05) is 6.92 Å². The van der Waals surface area contributed by atoms with Crippen LogP contribution in [0.4, 0.5) is 15.8 Å². The number of para-hydroxylation sites is 1. The quantitative estimate of drug-likeness (QED) is 0.801. The monoisotopic (exact) mass is 380 g/mol. The van der Waals surface area contributed by atoms with Crippen LogP contribution in [0.15, 0.2) is 42.5 Å². The van der Waals surface area contributed by atoms with Gasteiger partial charge in [0.2, 0.25) is 15.9 Å². The molecule has 2 rings (SSSR count). The van der Waals surface area contributed by atoms with E-state index in [1.54, 1.807) is 24.3 Å². The molecule has 0 heterocycles. The molecule has 0 aromatic heterocycles. The Hall–Kier alpha value is -2.61. The molecule has 1 N–H and O–H groups in total. The number of ether oxygens (including phenoxy) is 1. The highest BCUT2D eigenvalue weighted by molar-refractivity contribution is 7.92. The molecule has 26 heavy (non-hydrogen) atoms. The lowest BCUT2D eigenvalue weighted by atomic mass is 10.2. The van der Waals surface area contributed by atoms with Crippen LogP contribution in [0.1, 0.15) is 12.0 Å². The number of hydrogen-bond donors (Lipinski definition) is 1. The number of amides is 1. The van der Waals surface area contributed by atoms with Crippen molar-refractivity contribution in [2.75, 3.05) is 29.5 Å². The first-order chi connectivity index (χ1) is 12.2. The number of rotatable bonds is 7. The summed E-state index contributed by atoms with van der Waals surface area (Å²) in [4.78, 5) is 12.1. The van der Waals surface area contributed by atoms with Gasteiger partial charge < -0.3 is 10.1 Å². The second kappa shape index (κ2) is 8.18. The summed E-state index contributed by atoms with van der Waals surface area (Å²) < 4.78 is 44.4. The average Bonchev–Trinajstić information content (AvgIpc) is 2.56. The number of carbonyl (C=O) groups is 1. The molecule has 1 amide bonds. The zero-order chi connectivity index (χ0) is 19.3. The molecule has 0 saturated carbocycles. The van der Waals surface area contributed by atoms with E-state index in [1.165, 1.54) is 25.3 Å². The summed E-state index contributed by atoms with van der Waals surface area (Å²) in [5.74, 6) is -0.660. The van der Waals surface area contributed by atoms with Crippen molar-refractivity contribution in [1.82, 2.24) is 0 Å². The van der Waals surface area contributed by atoms with Gasteiger partial charge in [-0.05, 0) is 36.8 Å². The zero-order valence-electron chi connectivity index (χ0n) is 14.8. The van der Waals surface area contributed by atoms with Crippen molar-refractivity contribution in [3.63, 3.8) is 0 Å². The summed E-state index contributed by atoms with van der Waals surface area (Å²) >= 11 is 0. The molecule has 0 aliphatic heterocycles. The third-order valence-electron chi connectivity index (χ3n) is 3.69. The fourth-order valence-electron chi connectivity index (χ4n) is 2.44. The predicted octanol–water partition coefficient (Wildman–Crippen LogP) is 2.94. The standard InChI is InChI=1S/C18H21FN2O4S/c1-13-8-9-17(25-2)16(12-13)21(26(3,23)24)11-10-18(22)20-15-7-5-4-6-14(15)19/h4-9,12H,10-11H2,1-3H3,(H,20,22). The summed E-state index contributed by atoms with van der Waals surface area (Å²) in [7, 11) is -2.20. The Balaban J connectivity index is 2.19. The number of methoxy groups -OCH3 is 1. The first-order valence-corrected chi connectivity index (χ1v) is 9.74. The van der Waals surface area contributed by atoms with Crippen LogP contribution < -0.4 is 14.4 Å². The molecule has 6 nitrogen and oxygen atoms in total. The molecule has 8 heteroatoms. The van der Waals surface area contributed by atoms with Gasteiger partial charge in [0.15, 0.2) is 0 Å². The topological polar surface area (TPSA) is 75.7 Å². The highest BCUT2D eigenvalue weighted by Gasteiger charge is 2.22. The van der Waals surface area contributed by atoms with Crippen LogP contribution in [0.2, 0.25) is 0 Å². The first kappa shape index (κ1) is 19.7. The summed E-state index contributed by atoms with van der Waals surface area (Å²) in [6, 6.07) is 10.9. The Morgan fingerprint density at radius 1 is 1.23 bits per heavy atom. The zero-order valence-corrected chi connectivity index (χ0v) is 15.6. The maximum Gasteiger partial charge on any atom is 0.232 e. The van der Waals surface area contributed by atoms with Crippen LogP contribution in [0.5, 0.6) is 5.75 Å². The van der Waals surface area contributed by atoms with Crippen molar-refractivity contribution in [2.45, 2.75) is 13.3 Å². The number of benzene rings is 2. The molecule has 0 unspecified atom stereocenters. The van der Waals surface area contributed by atoms with Crippen molar-refractivity contribution < 1.29 is 22.3 Å². The van der Waals surface area contributed by atoms with Gasteiger partial charge in [-0.1, -0.05) is 18.2 Å². The molecule has 0 aliphatic rings. The first-order valence-electron chi connectivity index (χ1n) is 7.89. The molecule has 2 aromatic rings. The van der Waals surface area contributed by atoms with E-state index in [0.717, 1.165) is 16.1 Å². The Kier molecular flexibility index (Phi) is 6.20. The molecule has 0 atom stereocenters. The molecule has 0 bridgehead atoms. The lowest BCUT2D eigenvalue weighted by Gasteiger charge is -2.24. The molecular formula is C18H21FN2O4S. The smallest absolute Gasteiger partial charge is 0.232 e. The number of sulfonamides is 1. The normalized spacial score (nSPS) is 11.1. The second-order valence-electron chi connectivity index (χ2n) is 5.79. The minimum Gasteiger partial charge on any atom is -0.495 e. The van der Waals surface area contributed by atoms with Gasteiger partial charge in [-0.2, -0.15) is 0 Å². The summed E-state index contributed by atoms with van der Waals surface area (Å²) in [5, 5.41) is 2.44. The highest BCUT2D eigenvalue weighted by Crippen LogP contribution is 2.31. The number of nitrogens with zero attached hydrogens (tertiary/aromatic N) is 1. The SMILES string of the molecule is COc1ccc(C)cc1N(CCC(=O)Nc1ccccc1F)S(C)(=O)=O. The number of anilines is 2. The maximum absolute atomic E-state index is 13.6. The molecule has 0 fully saturated rings. The Bertz CT molecular complexity index is 900. The van der Waals surface area contributed by atoms with Gasteiger partial charge in [0, 0.05) is 13.0 Å². The van der Waals surface area contributed by atoms with Crippen LogP contribution in [-0.2, 0) is 14.8 Å². The number of aryl methyl sites for hydroxylation is 1. The van der Waals surface area contributed by atoms with Gasteiger partial charge in [0.1, 0.15) is 11.6 Å². The maximum atomic E-state index is 13.6. The van der Waals surface area contributed by atoms with Crippen LogP contribution in [0.3, 0.4) is 0 Å². The fourth-order valence-corrected chi connectivity index (χ4v) is 3.36. The molecule has 0 spiro atoms. The molecule has 140 valence electrons. The second-order valence-corrected chi connectivity index (χ2v) is 7.70. The molecule has 2 aromatic carbocycles. The summed E-state index contributed by atoms with van der Waals surface area (Å²) in [6.07, 6.45) is 0.919. The average molecular weight is 380 g/mol. The van der Waals surface area contributed by atoms with Gasteiger partial charge in [0.25, 0.3) is 0 Å². The number of carbonyl (C=O) groups excluding carboxylic acids is 1. The van der Waals surface area contributed by atoms with E-state index < -0.39 is 21.7 Å². The van der Waals surface area contributed by atoms with Gasteiger partial charge in [-0.25, -0.2) is 12.8 Å². The minimum atomic E-state index is -3.64. The lowest BCUT2D eigenvalue weighted by molar-refractivity contribution is -0.116. The molecule has 0 saturated heterocycles. The third kappa shape index (κ3) is 4.95. The predicted molar refractivity (Wildman–Crippen MR) is 99.6 cm³/mol. The number of nitrogens with one attached hydrogen (secondary N) is 1. The van der Waals surface area contributed by atoms with Crippen molar-refractivity contribution in [3.05, 3.63) is 53.8 Å². The fraction of sp³-hybridized carbons (Fsp3) is 0.278. The number of halogens is 1. The van der Waals surface area contributed by atoms with Crippen molar-refractivity contribution in [2.24, 2.45) is 0 Å². The van der Waals surface area contributed by atoms with Crippen molar-refractivity contribution in [1.29, 1.82) is 0 Å². The van der Waals surface area contributed by atoms with Gasteiger partial charge in [-0.3, -0.25) is 9.10 Å². The van der Waals surface area contributed by atoms with Crippen LogP contribution in [0.25, 0.3) is 0 Å². The van der Waals surface area contributed by atoms with E-state index in [-0.39, 0.29) is 18.7 Å². The van der Waals surface area contributed by atoms with Gasteiger partial charge >= 0.3 is 0 Å². The van der Waals surface area contributed by atoms with Crippen LogP contribution >= 0.6 is 0 Å². The van der Waals surface area contributed by atoms with Gasteiger partial charge in [0.05, 0.1) is 24.7 Å². The van der Waals surface area contributed by atoms with Crippen LogP contribution in [-0.4, -0.2) is 34.2 Å². The Labute approximate surface area is 152 Å². The van der Waals surface area contributed by atoms with E-state index in [2.05, 4.69) is 5.32 Å². The van der Waals surface area contributed by atoms with E-state index in [0.29, 0.717) is 11.4 Å². The van der Waals surface area contributed by atoms with E-state index in [9.17, 15) is 17.6 Å². The van der Waals surface area contributed by atoms with Crippen molar-refractivity contribution in [3.8, 4) is 5.75 Å². The van der Waals surface area contributed by atoms with E-state index in [4.69, 9.17) is 4.74 Å². The van der Waals surface area contributed by atoms with Gasteiger partial charge in [-0.15, -0.1) is 0 Å². The summed E-state index contributed by atoms with van der Waals surface area (Å²) in [6.45, 7) is 1.73. The largest absolute Gasteiger partial charge is 0.495 e. The van der Waals surface area contributed by atoms with Crippen molar-refractivity contribution >= 4 is 27.3 Å². The molecule has 0 radical (unpaired) electrons.